The first kappa shape index (κ1) is 13.1. The van der Waals surface area contributed by atoms with Crippen molar-refractivity contribution in [2.45, 2.75) is 25.7 Å². The Hall–Kier alpha value is -1.35. The van der Waals surface area contributed by atoms with Gasteiger partial charge in [-0.2, -0.15) is 0 Å². The molecule has 1 heterocycles. The molecule has 0 amide bonds. The molecule has 0 saturated heterocycles. The monoisotopic (exact) mass is 306 g/mol. The third-order valence-electron chi connectivity index (χ3n) is 3.09. The van der Waals surface area contributed by atoms with Gasteiger partial charge in [-0.1, -0.05) is 35.0 Å². The minimum Gasteiger partial charge on any atom is -0.431 e. The van der Waals surface area contributed by atoms with E-state index in [1.54, 1.807) is 6.07 Å². The van der Waals surface area contributed by atoms with E-state index in [-0.39, 0.29) is 11.5 Å². The van der Waals surface area contributed by atoms with E-state index in [0.29, 0.717) is 0 Å². The molecule has 0 radical (unpaired) electrons. The first-order valence-corrected chi connectivity index (χ1v) is 6.82. The fraction of sp³-hybridized carbons (Fsp3) is 0.267. The molecule has 2 aromatic rings. The molecule has 0 saturated carbocycles. The summed E-state index contributed by atoms with van der Waals surface area (Å²) in [7, 11) is 0. The normalized spacial score (nSPS) is 12.3. The molecule has 1 aromatic heterocycles. The zero-order valence-electron chi connectivity index (χ0n) is 10.2. The predicted octanol–water partition coefficient (Wildman–Crippen LogP) is 4.14. The summed E-state index contributed by atoms with van der Waals surface area (Å²) in [5, 5.41) is 0. The van der Waals surface area contributed by atoms with Crippen LogP contribution in [-0.2, 0) is 6.42 Å². The maximum absolute atomic E-state index is 11.7. The Bertz CT molecular complexity index is 557. The highest BCUT2D eigenvalue weighted by Crippen LogP contribution is 2.22. The maximum Gasteiger partial charge on any atom is 0.339 e. The van der Waals surface area contributed by atoms with Crippen LogP contribution in [0.5, 0.6) is 0 Å². The molecule has 3 heteroatoms. The molecule has 2 nitrogen and oxygen atoms in total. The maximum atomic E-state index is 11.7. The van der Waals surface area contributed by atoms with E-state index in [4.69, 9.17) is 4.42 Å². The molecule has 0 aliphatic carbocycles. The molecule has 0 aliphatic heterocycles. The standard InChI is InChI=1S/C15H15BrO2/c1-2-12(14-4-3-9-18-15(14)17)10-11-5-7-13(16)8-6-11/h3-9,12H,2,10H2,1H3. The quantitative estimate of drug-likeness (QED) is 0.850. The fourth-order valence-corrected chi connectivity index (χ4v) is 2.33. The molecule has 0 aliphatic rings. The van der Waals surface area contributed by atoms with E-state index in [2.05, 4.69) is 35.0 Å². The Morgan fingerprint density at radius 2 is 1.94 bits per heavy atom. The lowest BCUT2D eigenvalue weighted by atomic mass is 9.91. The lowest BCUT2D eigenvalue weighted by Gasteiger charge is -2.13. The molecule has 2 rings (SSSR count). The average molecular weight is 307 g/mol. The van der Waals surface area contributed by atoms with Crippen LogP contribution in [0.15, 0.2) is 56.3 Å². The first-order chi connectivity index (χ1) is 8.70. The minimum absolute atomic E-state index is 0.212. The molecule has 0 N–H and O–H groups in total. The van der Waals surface area contributed by atoms with Gasteiger partial charge in [-0.05, 0) is 48.6 Å². The van der Waals surface area contributed by atoms with Gasteiger partial charge in [0.05, 0.1) is 6.26 Å². The molecule has 0 spiro atoms. The van der Waals surface area contributed by atoms with Crippen molar-refractivity contribution in [2.75, 3.05) is 0 Å². The lowest BCUT2D eigenvalue weighted by molar-refractivity contribution is 0.487. The van der Waals surface area contributed by atoms with Crippen LogP contribution in [0.4, 0.5) is 0 Å². The summed E-state index contributed by atoms with van der Waals surface area (Å²) in [6.07, 6.45) is 3.21. The number of benzene rings is 1. The van der Waals surface area contributed by atoms with Gasteiger partial charge in [0, 0.05) is 10.0 Å². The van der Waals surface area contributed by atoms with Gasteiger partial charge in [0.2, 0.25) is 0 Å². The van der Waals surface area contributed by atoms with Crippen molar-refractivity contribution in [1.82, 2.24) is 0 Å². The van der Waals surface area contributed by atoms with Crippen molar-refractivity contribution in [3.05, 3.63) is 68.7 Å². The molecule has 0 fully saturated rings. The molecule has 94 valence electrons. The number of hydrogen-bond donors (Lipinski definition) is 0. The number of halogens is 1. The Labute approximate surface area is 115 Å². The van der Waals surface area contributed by atoms with Gasteiger partial charge in [-0.25, -0.2) is 4.79 Å². The molecule has 0 bridgehead atoms. The van der Waals surface area contributed by atoms with Crippen molar-refractivity contribution in [3.63, 3.8) is 0 Å². The summed E-state index contributed by atoms with van der Waals surface area (Å²) in [4.78, 5) is 11.7. The minimum atomic E-state index is -0.221. The van der Waals surface area contributed by atoms with E-state index < -0.39 is 0 Å². The smallest absolute Gasteiger partial charge is 0.339 e. The highest BCUT2D eigenvalue weighted by Gasteiger charge is 2.14. The summed E-state index contributed by atoms with van der Waals surface area (Å²) in [5.41, 5.74) is 1.78. The van der Waals surface area contributed by atoms with Crippen LogP contribution in [0.1, 0.15) is 30.4 Å². The van der Waals surface area contributed by atoms with Gasteiger partial charge in [0.25, 0.3) is 0 Å². The lowest BCUT2D eigenvalue weighted by Crippen LogP contribution is -2.13. The van der Waals surface area contributed by atoms with Gasteiger partial charge in [0.15, 0.2) is 0 Å². The highest BCUT2D eigenvalue weighted by molar-refractivity contribution is 9.10. The second kappa shape index (κ2) is 6.01. The van der Waals surface area contributed by atoms with Crippen LogP contribution in [0, 0.1) is 0 Å². The van der Waals surface area contributed by atoms with Crippen LogP contribution in [0.2, 0.25) is 0 Å². The molecule has 18 heavy (non-hydrogen) atoms. The molecule has 1 aromatic carbocycles. The van der Waals surface area contributed by atoms with Crippen LogP contribution >= 0.6 is 15.9 Å². The van der Waals surface area contributed by atoms with Crippen LogP contribution in [0.3, 0.4) is 0 Å². The zero-order chi connectivity index (χ0) is 13.0. The second-order valence-corrected chi connectivity index (χ2v) is 5.21. The summed E-state index contributed by atoms with van der Waals surface area (Å²) in [6.45, 7) is 2.09. The highest BCUT2D eigenvalue weighted by atomic mass is 79.9. The van der Waals surface area contributed by atoms with Crippen molar-refractivity contribution in [3.8, 4) is 0 Å². The van der Waals surface area contributed by atoms with Crippen molar-refractivity contribution >= 4 is 15.9 Å². The van der Waals surface area contributed by atoms with Crippen LogP contribution in [-0.4, -0.2) is 0 Å². The Kier molecular flexibility index (Phi) is 4.37. The summed E-state index contributed by atoms with van der Waals surface area (Å²) in [5.74, 6) is 0.212. The average Bonchev–Trinajstić information content (AvgIpc) is 2.39. The van der Waals surface area contributed by atoms with Gasteiger partial charge in [-0.15, -0.1) is 0 Å². The molecule has 1 atom stereocenters. The second-order valence-electron chi connectivity index (χ2n) is 4.29. The van der Waals surface area contributed by atoms with Gasteiger partial charge >= 0.3 is 5.63 Å². The summed E-state index contributed by atoms with van der Waals surface area (Å²) < 4.78 is 6.00. The van der Waals surface area contributed by atoms with E-state index in [1.165, 1.54) is 11.8 Å². The van der Waals surface area contributed by atoms with Crippen LogP contribution in [0.25, 0.3) is 0 Å². The van der Waals surface area contributed by atoms with Crippen LogP contribution < -0.4 is 5.63 Å². The van der Waals surface area contributed by atoms with Gasteiger partial charge in [-0.3, -0.25) is 0 Å². The number of rotatable bonds is 4. The van der Waals surface area contributed by atoms with E-state index in [0.717, 1.165) is 22.9 Å². The third kappa shape index (κ3) is 3.10. The van der Waals surface area contributed by atoms with E-state index in [9.17, 15) is 4.79 Å². The largest absolute Gasteiger partial charge is 0.431 e. The van der Waals surface area contributed by atoms with Crippen molar-refractivity contribution in [1.29, 1.82) is 0 Å². The van der Waals surface area contributed by atoms with E-state index in [1.807, 2.05) is 18.2 Å². The molecular weight excluding hydrogens is 292 g/mol. The Morgan fingerprint density at radius 3 is 2.56 bits per heavy atom. The fourth-order valence-electron chi connectivity index (χ4n) is 2.06. The number of hydrogen-bond acceptors (Lipinski definition) is 2. The SMILES string of the molecule is CCC(Cc1ccc(Br)cc1)c1cccoc1=O. The first-order valence-electron chi connectivity index (χ1n) is 6.03. The topological polar surface area (TPSA) is 30.2 Å². The predicted molar refractivity (Wildman–Crippen MR) is 75.9 cm³/mol. The van der Waals surface area contributed by atoms with Crippen molar-refractivity contribution in [2.24, 2.45) is 0 Å². The Morgan fingerprint density at radius 1 is 1.22 bits per heavy atom. The summed E-state index contributed by atoms with van der Waals surface area (Å²) >= 11 is 3.42. The third-order valence-corrected chi connectivity index (χ3v) is 3.62. The van der Waals surface area contributed by atoms with Gasteiger partial charge in [0.1, 0.15) is 0 Å². The van der Waals surface area contributed by atoms with E-state index >= 15 is 0 Å². The van der Waals surface area contributed by atoms with Crippen molar-refractivity contribution < 1.29 is 4.42 Å². The Balaban J connectivity index is 2.22. The summed E-state index contributed by atoms with van der Waals surface area (Å²) in [6, 6.07) is 11.8. The zero-order valence-corrected chi connectivity index (χ0v) is 11.8. The molecular formula is C15H15BrO2. The van der Waals surface area contributed by atoms with Gasteiger partial charge < -0.3 is 4.42 Å². The molecule has 1 unspecified atom stereocenters.